The van der Waals surface area contributed by atoms with E-state index in [1.807, 2.05) is 36.4 Å². The second-order valence-electron chi connectivity index (χ2n) is 4.73. The minimum atomic E-state index is -3.44. The highest BCUT2D eigenvalue weighted by atomic mass is 79.9. The molecule has 0 spiro atoms. The molecule has 1 aromatic heterocycles. The summed E-state index contributed by atoms with van der Waals surface area (Å²) in [5.74, 6) is -0.0500. The lowest BCUT2D eigenvalue weighted by molar-refractivity contribution is 0.592. The first-order valence-corrected chi connectivity index (χ1v) is 8.82. The van der Waals surface area contributed by atoms with Crippen LogP contribution in [0.3, 0.4) is 0 Å². The van der Waals surface area contributed by atoms with Crippen molar-refractivity contribution in [3.05, 3.63) is 70.7 Å². The van der Waals surface area contributed by atoms with Crippen LogP contribution in [0.4, 0.5) is 0 Å². The maximum absolute atomic E-state index is 12.5. The molecule has 0 aliphatic rings. The van der Waals surface area contributed by atoms with Crippen LogP contribution in [0.1, 0.15) is 5.56 Å². The van der Waals surface area contributed by atoms with Crippen molar-refractivity contribution in [2.75, 3.05) is 0 Å². The normalized spacial score (nSPS) is 11.7. The van der Waals surface area contributed by atoms with E-state index in [-0.39, 0.29) is 10.8 Å². The molecule has 0 amide bonds. The minimum Gasteiger partial charge on any atom is -0.236 e. The minimum absolute atomic E-state index is 0.0500. The smallest absolute Gasteiger partial charge is 0.199 e. The van der Waals surface area contributed by atoms with Crippen molar-refractivity contribution >= 4 is 36.7 Å². The second kappa shape index (κ2) is 5.58. The van der Waals surface area contributed by atoms with Gasteiger partial charge in [0.1, 0.15) is 0 Å². The van der Waals surface area contributed by atoms with E-state index in [1.54, 1.807) is 24.3 Å². The SMILES string of the molecule is O=S(=O)(Cc1ccc(Br)cc1)c1ccc2ccccc2n1. The summed E-state index contributed by atoms with van der Waals surface area (Å²) in [6.07, 6.45) is 0. The van der Waals surface area contributed by atoms with E-state index < -0.39 is 9.84 Å². The Labute approximate surface area is 131 Å². The molecule has 0 aliphatic heterocycles. The number of rotatable bonds is 3. The summed E-state index contributed by atoms with van der Waals surface area (Å²) in [6, 6.07) is 18.1. The van der Waals surface area contributed by atoms with Crippen molar-refractivity contribution in [2.45, 2.75) is 10.8 Å². The molecule has 0 saturated carbocycles. The number of hydrogen-bond acceptors (Lipinski definition) is 3. The molecule has 0 atom stereocenters. The summed E-state index contributed by atoms with van der Waals surface area (Å²) in [5.41, 5.74) is 1.43. The first-order valence-electron chi connectivity index (χ1n) is 6.38. The summed E-state index contributed by atoms with van der Waals surface area (Å²) >= 11 is 3.34. The summed E-state index contributed by atoms with van der Waals surface area (Å²) in [7, 11) is -3.44. The molecule has 3 rings (SSSR count). The molecule has 2 aromatic carbocycles. The molecule has 21 heavy (non-hydrogen) atoms. The van der Waals surface area contributed by atoms with Gasteiger partial charge in [-0.2, -0.15) is 0 Å². The van der Waals surface area contributed by atoms with Crippen molar-refractivity contribution in [2.24, 2.45) is 0 Å². The summed E-state index contributed by atoms with van der Waals surface area (Å²) < 4.78 is 25.8. The Bertz CT molecular complexity index is 890. The molecule has 0 bridgehead atoms. The third-order valence-corrected chi connectivity index (χ3v) is 5.27. The average Bonchev–Trinajstić information content (AvgIpc) is 2.49. The summed E-state index contributed by atoms with van der Waals surface area (Å²) in [6.45, 7) is 0. The van der Waals surface area contributed by atoms with Crippen molar-refractivity contribution in [3.8, 4) is 0 Å². The van der Waals surface area contributed by atoms with Gasteiger partial charge in [0.05, 0.1) is 11.3 Å². The molecular weight excluding hydrogens is 350 g/mol. The van der Waals surface area contributed by atoms with E-state index in [0.717, 1.165) is 15.4 Å². The predicted octanol–water partition coefficient (Wildman–Crippen LogP) is 3.97. The molecule has 0 radical (unpaired) electrons. The van der Waals surface area contributed by atoms with Crippen LogP contribution in [0.25, 0.3) is 10.9 Å². The van der Waals surface area contributed by atoms with Crippen LogP contribution < -0.4 is 0 Å². The van der Waals surface area contributed by atoms with Gasteiger partial charge in [-0.15, -0.1) is 0 Å². The van der Waals surface area contributed by atoms with Crippen LogP contribution in [0.5, 0.6) is 0 Å². The predicted molar refractivity (Wildman–Crippen MR) is 86.8 cm³/mol. The molecule has 0 saturated heterocycles. The molecule has 3 aromatic rings. The number of nitrogens with zero attached hydrogens (tertiary/aromatic N) is 1. The fraction of sp³-hybridized carbons (Fsp3) is 0.0625. The number of fused-ring (bicyclic) bond motifs is 1. The standard InChI is InChI=1S/C16H12BrNO2S/c17-14-8-5-12(6-9-14)11-21(19,20)16-10-7-13-3-1-2-4-15(13)18-16/h1-10H,11H2. The van der Waals surface area contributed by atoms with E-state index in [1.165, 1.54) is 0 Å². The van der Waals surface area contributed by atoms with Crippen molar-refractivity contribution < 1.29 is 8.42 Å². The van der Waals surface area contributed by atoms with Gasteiger partial charge < -0.3 is 0 Å². The van der Waals surface area contributed by atoms with Crippen molar-refractivity contribution in [1.29, 1.82) is 0 Å². The Balaban J connectivity index is 1.97. The topological polar surface area (TPSA) is 47.0 Å². The summed E-state index contributed by atoms with van der Waals surface area (Å²) in [5, 5.41) is 1.05. The van der Waals surface area contributed by atoms with Crippen molar-refractivity contribution in [1.82, 2.24) is 4.98 Å². The van der Waals surface area contributed by atoms with Crippen LogP contribution in [0.2, 0.25) is 0 Å². The van der Waals surface area contributed by atoms with Gasteiger partial charge >= 0.3 is 0 Å². The highest BCUT2D eigenvalue weighted by Crippen LogP contribution is 2.19. The first kappa shape index (κ1) is 14.2. The van der Waals surface area contributed by atoms with E-state index in [9.17, 15) is 8.42 Å². The zero-order valence-corrected chi connectivity index (χ0v) is 13.4. The van der Waals surface area contributed by atoms with Crippen LogP contribution in [0, 0.1) is 0 Å². The lowest BCUT2D eigenvalue weighted by Gasteiger charge is -2.05. The molecule has 0 aliphatic carbocycles. The third-order valence-electron chi connectivity index (χ3n) is 3.16. The average molecular weight is 362 g/mol. The maximum atomic E-state index is 12.5. The molecule has 3 nitrogen and oxygen atoms in total. The monoisotopic (exact) mass is 361 g/mol. The number of hydrogen-bond donors (Lipinski definition) is 0. The van der Waals surface area contributed by atoms with Crippen LogP contribution in [-0.4, -0.2) is 13.4 Å². The molecule has 0 fully saturated rings. The molecule has 5 heteroatoms. The Morgan fingerprint density at radius 2 is 1.62 bits per heavy atom. The van der Waals surface area contributed by atoms with Gasteiger partial charge in [0, 0.05) is 9.86 Å². The lowest BCUT2D eigenvalue weighted by Crippen LogP contribution is -2.07. The van der Waals surface area contributed by atoms with E-state index in [0.29, 0.717) is 5.52 Å². The molecular formula is C16H12BrNO2S. The number of pyridine rings is 1. The maximum Gasteiger partial charge on any atom is 0.199 e. The fourth-order valence-electron chi connectivity index (χ4n) is 2.09. The Kier molecular flexibility index (Phi) is 3.78. The van der Waals surface area contributed by atoms with Gasteiger partial charge in [-0.05, 0) is 35.9 Å². The zero-order chi connectivity index (χ0) is 14.9. The second-order valence-corrected chi connectivity index (χ2v) is 7.58. The van der Waals surface area contributed by atoms with E-state index in [4.69, 9.17) is 0 Å². The van der Waals surface area contributed by atoms with Gasteiger partial charge in [0.15, 0.2) is 14.9 Å². The van der Waals surface area contributed by atoms with Gasteiger partial charge in [-0.1, -0.05) is 46.3 Å². The van der Waals surface area contributed by atoms with Gasteiger partial charge in [-0.3, -0.25) is 0 Å². The highest BCUT2D eigenvalue weighted by Gasteiger charge is 2.17. The zero-order valence-electron chi connectivity index (χ0n) is 11.0. The van der Waals surface area contributed by atoms with Crippen LogP contribution in [0.15, 0.2) is 70.2 Å². The molecule has 0 unspecified atom stereocenters. The van der Waals surface area contributed by atoms with Crippen LogP contribution in [-0.2, 0) is 15.6 Å². The van der Waals surface area contributed by atoms with E-state index in [2.05, 4.69) is 20.9 Å². The third kappa shape index (κ3) is 3.14. The molecule has 106 valence electrons. The Morgan fingerprint density at radius 3 is 2.38 bits per heavy atom. The quantitative estimate of drug-likeness (QED) is 0.708. The van der Waals surface area contributed by atoms with Gasteiger partial charge in [0.2, 0.25) is 0 Å². The number of halogens is 1. The van der Waals surface area contributed by atoms with E-state index >= 15 is 0 Å². The van der Waals surface area contributed by atoms with Crippen LogP contribution >= 0.6 is 15.9 Å². The first-order chi connectivity index (χ1) is 10.0. The van der Waals surface area contributed by atoms with Gasteiger partial charge in [0.25, 0.3) is 0 Å². The number of para-hydroxylation sites is 1. The number of sulfone groups is 1. The molecule has 1 heterocycles. The largest absolute Gasteiger partial charge is 0.236 e. The van der Waals surface area contributed by atoms with Crippen molar-refractivity contribution in [3.63, 3.8) is 0 Å². The lowest BCUT2D eigenvalue weighted by atomic mass is 10.2. The van der Waals surface area contributed by atoms with Gasteiger partial charge in [-0.25, -0.2) is 13.4 Å². The number of benzene rings is 2. The fourth-order valence-corrected chi connectivity index (χ4v) is 3.65. The Hall–Kier alpha value is -1.72. The summed E-state index contributed by atoms with van der Waals surface area (Å²) in [4.78, 5) is 4.26. The number of aromatic nitrogens is 1. The Morgan fingerprint density at radius 1 is 0.905 bits per heavy atom. The highest BCUT2D eigenvalue weighted by molar-refractivity contribution is 9.10. The molecule has 0 N–H and O–H groups in total.